The molecule has 4 rings (SSSR count). The van der Waals surface area contributed by atoms with Crippen molar-refractivity contribution in [3.05, 3.63) is 133 Å². The smallest absolute Gasteiger partial charge is 0.0160 e. The predicted octanol–water partition coefficient (Wildman–Crippen LogP) is 5.50. The van der Waals surface area contributed by atoms with Crippen molar-refractivity contribution >= 4 is 34.7 Å². The van der Waals surface area contributed by atoms with Gasteiger partial charge in [0, 0.05) is 0 Å². The first-order valence-electron chi connectivity index (χ1n) is 9.53. The average Bonchev–Trinajstić information content (AvgIpc) is 2.79. The lowest BCUT2D eigenvalue weighted by atomic mass is 10.2. The van der Waals surface area contributed by atoms with Gasteiger partial charge in [-0.1, -0.05) is 139 Å². The van der Waals surface area contributed by atoms with Gasteiger partial charge in [-0.05, 0) is 28.4 Å². The van der Waals surface area contributed by atoms with E-state index in [4.69, 9.17) is 0 Å². The molecule has 0 fully saturated rings. The Hall–Kier alpha value is -3.08. The Balaban J connectivity index is 1.99. The molecule has 0 aliphatic rings. The molecule has 136 valence electrons. The van der Waals surface area contributed by atoms with Crippen LogP contribution in [0.5, 0.6) is 0 Å². The number of rotatable bonds is 5. The lowest BCUT2D eigenvalue weighted by Crippen LogP contribution is -2.26. The van der Waals surface area contributed by atoms with E-state index in [-0.39, 0.29) is 0 Å². The average molecular weight is 378 g/mol. The lowest BCUT2D eigenvalue weighted by Gasteiger charge is -2.28. The summed E-state index contributed by atoms with van der Waals surface area (Å²) in [6, 6.07) is 43.2. The third-order valence-corrected chi connectivity index (χ3v) is 8.85. The summed E-state index contributed by atoms with van der Waals surface area (Å²) in [6.45, 7) is -1.90. The summed E-state index contributed by atoms with van der Waals surface area (Å²) in [5, 5.41) is 4.10. The Morgan fingerprint density at radius 3 is 1.18 bits per heavy atom. The van der Waals surface area contributed by atoms with Crippen LogP contribution in [0.25, 0.3) is 6.08 Å². The van der Waals surface area contributed by atoms with Crippen LogP contribution in [0, 0.1) is 0 Å². The molecule has 0 N–H and O–H groups in total. The van der Waals surface area contributed by atoms with Crippen molar-refractivity contribution in [3.63, 3.8) is 0 Å². The zero-order valence-electron chi connectivity index (χ0n) is 15.7. The molecule has 0 aliphatic carbocycles. The maximum Gasteiger partial charge on any atom is -0.0160 e. The number of hydrogen-bond acceptors (Lipinski definition) is 0. The van der Waals surface area contributed by atoms with E-state index < -0.39 is 6.89 Å². The lowest BCUT2D eigenvalue weighted by molar-refractivity contribution is 1.66. The largest absolute Gasteiger partial charge is 0.0622 e. The first-order chi connectivity index (χ1) is 13.9. The molecule has 0 bridgehead atoms. The minimum absolute atomic E-state index is 1.21. The zero-order valence-corrected chi connectivity index (χ0v) is 16.6. The molecule has 0 amide bonds. The van der Waals surface area contributed by atoms with Gasteiger partial charge in [-0.25, -0.2) is 0 Å². The van der Waals surface area contributed by atoms with Crippen molar-refractivity contribution < 1.29 is 0 Å². The minimum Gasteiger partial charge on any atom is -0.0622 e. The molecule has 0 nitrogen and oxygen atoms in total. The van der Waals surface area contributed by atoms with Crippen molar-refractivity contribution in [3.8, 4) is 0 Å². The van der Waals surface area contributed by atoms with Gasteiger partial charge < -0.3 is 0 Å². The normalized spacial score (nSPS) is 11.4. The van der Waals surface area contributed by atoms with E-state index >= 15 is 0 Å². The van der Waals surface area contributed by atoms with Crippen LogP contribution in [0.15, 0.2) is 127 Å². The number of allylic oxidation sites excluding steroid dienone is 1. The van der Waals surface area contributed by atoms with Gasteiger partial charge in [-0.3, -0.25) is 0 Å². The van der Waals surface area contributed by atoms with Crippen LogP contribution >= 0.6 is 6.89 Å². The highest BCUT2D eigenvalue weighted by molar-refractivity contribution is 7.94. The highest BCUT2D eigenvalue weighted by Crippen LogP contribution is 2.43. The molecule has 0 unspecified atom stereocenters. The molecule has 0 spiro atoms. The summed E-state index contributed by atoms with van der Waals surface area (Å²) in [6.07, 6.45) is 4.43. The van der Waals surface area contributed by atoms with E-state index in [9.17, 15) is 0 Å². The van der Waals surface area contributed by atoms with Gasteiger partial charge in [0.15, 0.2) is 0 Å². The summed E-state index contributed by atoms with van der Waals surface area (Å²) in [4.78, 5) is 0. The zero-order chi connectivity index (χ0) is 19.1. The van der Waals surface area contributed by atoms with Crippen molar-refractivity contribution in [2.24, 2.45) is 0 Å². The molecule has 0 radical (unpaired) electrons. The fourth-order valence-electron chi connectivity index (χ4n) is 3.54. The predicted molar refractivity (Wildman–Crippen MR) is 127 cm³/mol. The maximum atomic E-state index is 2.43. The monoisotopic (exact) mass is 378 g/mol. The van der Waals surface area contributed by atoms with Crippen LogP contribution in [0.3, 0.4) is 0 Å². The van der Waals surface area contributed by atoms with Crippen LogP contribution in [0.4, 0.5) is 0 Å². The molecule has 1 heteroatoms. The third-order valence-electron chi connectivity index (χ3n) is 4.89. The SMILES string of the molecule is C(=Cc1ccccc1)C=P(c1ccccc1)(c1ccccc1)c1ccccc1. The molecule has 4 aromatic carbocycles. The van der Waals surface area contributed by atoms with Crippen molar-refractivity contribution in [1.82, 2.24) is 0 Å². The van der Waals surface area contributed by atoms with Crippen LogP contribution in [0.2, 0.25) is 0 Å². The number of benzene rings is 4. The Kier molecular flexibility index (Phi) is 5.71. The molecule has 0 saturated carbocycles. The number of hydrogen-bond donors (Lipinski definition) is 0. The summed E-state index contributed by atoms with van der Waals surface area (Å²) in [5.41, 5.74) is 1.21. The molecule has 28 heavy (non-hydrogen) atoms. The van der Waals surface area contributed by atoms with E-state index in [1.807, 2.05) is 0 Å². The Morgan fingerprint density at radius 1 is 0.429 bits per heavy atom. The second-order valence-electron chi connectivity index (χ2n) is 6.65. The van der Waals surface area contributed by atoms with E-state index in [1.54, 1.807) is 0 Å². The first kappa shape index (κ1) is 18.3. The summed E-state index contributed by atoms with van der Waals surface area (Å²) < 4.78 is 0. The Morgan fingerprint density at radius 2 is 0.786 bits per heavy atom. The van der Waals surface area contributed by atoms with Gasteiger partial charge in [0.1, 0.15) is 0 Å². The van der Waals surface area contributed by atoms with Crippen molar-refractivity contribution in [2.75, 3.05) is 0 Å². The first-order valence-corrected chi connectivity index (χ1v) is 11.4. The molecular formula is C27H23P. The van der Waals surface area contributed by atoms with Gasteiger partial charge in [0.05, 0.1) is 0 Å². The second-order valence-corrected chi connectivity index (χ2v) is 9.94. The van der Waals surface area contributed by atoms with Crippen molar-refractivity contribution in [1.29, 1.82) is 0 Å². The molecule has 4 aromatic rings. The fraction of sp³-hybridized carbons (Fsp3) is 0. The summed E-state index contributed by atoms with van der Waals surface area (Å²) in [5.74, 6) is 2.43. The highest BCUT2D eigenvalue weighted by atomic mass is 31.2. The van der Waals surface area contributed by atoms with Gasteiger partial charge in [-0.15, -0.1) is 0 Å². The second kappa shape index (κ2) is 8.74. The van der Waals surface area contributed by atoms with Crippen LogP contribution in [-0.4, -0.2) is 5.80 Å². The molecule has 0 aromatic heterocycles. The molecule has 0 atom stereocenters. The van der Waals surface area contributed by atoms with E-state index in [1.165, 1.54) is 21.5 Å². The summed E-state index contributed by atoms with van der Waals surface area (Å²) in [7, 11) is 0. The van der Waals surface area contributed by atoms with Gasteiger partial charge >= 0.3 is 0 Å². The van der Waals surface area contributed by atoms with Gasteiger partial charge in [0.2, 0.25) is 0 Å². The third kappa shape index (κ3) is 3.79. The topological polar surface area (TPSA) is 0 Å². The minimum atomic E-state index is -1.90. The standard InChI is InChI=1S/C27H23P/c1-5-14-24(15-6-1)16-13-23-28(25-17-7-2-8-18-25,26-19-9-3-10-20-26)27-21-11-4-12-22-27/h1-23H. The molecule has 0 heterocycles. The van der Waals surface area contributed by atoms with E-state index in [0.29, 0.717) is 0 Å². The highest BCUT2D eigenvalue weighted by Gasteiger charge is 2.23. The van der Waals surface area contributed by atoms with Crippen LogP contribution in [-0.2, 0) is 0 Å². The van der Waals surface area contributed by atoms with Crippen LogP contribution < -0.4 is 15.9 Å². The van der Waals surface area contributed by atoms with E-state index in [2.05, 4.69) is 139 Å². The fourth-order valence-corrected chi connectivity index (χ4v) is 7.22. The van der Waals surface area contributed by atoms with Gasteiger partial charge in [0.25, 0.3) is 0 Å². The summed E-state index contributed by atoms with van der Waals surface area (Å²) >= 11 is 0. The van der Waals surface area contributed by atoms with Crippen LogP contribution in [0.1, 0.15) is 5.56 Å². The Bertz CT molecular complexity index is 977. The molecular weight excluding hydrogens is 355 g/mol. The molecule has 0 saturated heterocycles. The Labute approximate surface area is 167 Å². The molecule has 0 aliphatic heterocycles. The maximum absolute atomic E-state index is 2.43. The van der Waals surface area contributed by atoms with E-state index in [0.717, 1.165) is 0 Å². The van der Waals surface area contributed by atoms with Gasteiger partial charge in [-0.2, -0.15) is 0 Å². The van der Waals surface area contributed by atoms with Crippen molar-refractivity contribution in [2.45, 2.75) is 0 Å². The quantitative estimate of drug-likeness (QED) is 0.403.